The Balaban J connectivity index is 1.48. The van der Waals surface area contributed by atoms with Crippen LogP contribution in [-0.4, -0.2) is 48.0 Å². The predicted molar refractivity (Wildman–Crippen MR) is 184 cm³/mol. The molecule has 4 aromatic rings. The fourth-order valence-corrected chi connectivity index (χ4v) is 4.52. The number of aryl methyl sites for hydroxylation is 1. The highest BCUT2D eigenvalue weighted by atomic mass is 16.5. The van der Waals surface area contributed by atoms with Crippen LogP contribution in [0.25, 0.3) is 11.0 Å². The topological polar surface area (TPSA) is 176 Å². The second-order valence-electron chi connectivity index (χ2n) is 10.5. The van der Waals surface area contributed by atoms with E-state index in [1.165, 1.54) is 30.6 Å². The van der Waals surface area contributed by atoms with Crippen molar-refractivity contribution < 1.29 is 33.2 Å². The number of carbonyl (C=O) groups is 2. The van der Waals surface area contributed by atoms with Gasteiger partial charge in [-0.2, -0.15) is 10.2 Å². The highest BCUT2D eigenvalue weighted by Crippen LogP contribution is 2.29. The van der Waals surface area contributed by atoms with Crippen molar-refractivity contribution in [1.82, 2.24) is 10.9 Å². The van der Waals surface area contributed by atoms with E-state index in [9.17, 15) is 24.4 Å². The van der Waals surface area contributed by atoms with Crippen molar-refractivity contribution in [3.8, 4) is 17.6 Å². The van der Waals surface area contributed by atoms with E-state index in [2.05, 4.69) is 46.4 Å². The third kappa shape index (κ3) is 9.41. The zero-order valence-electron chi connectivity index (χ0n) is 26.6. The largest absolute Gasteiger partial charge is 0.489 e. The molecule has 0 atom stereocenters. The molecule has 0 spiro atoms. The Labute approximate surface area is 277 Å². The van der Waals surface area contributed by atoms with Crippen LogP contribution in [-0.2, 0) is 6.42 Å². The maximum atomic E-state index is 12.9. The van der Waals surface area contributed by atoms with Crippen LogP contribution in [0.15, 0.2) is 85.0 Å². The summed E-state index contributed by atoms with van der Waals surface area (Å²) in [6.07, 6.45) is 8.20. The third-order valence-corrected chi connectivity index (χ3v) is 6.79. The number of benzene rings is 2. The Bertz CT molecular complexity index is 1970. The molecule has 0 radical (unpaired) electrons. The summed E-state index contributed by atoms with van der Waals surface area (Å²) in [6, 6.07) is 11.9. The molecule has 4 N–H and O–H groups in total. The number of furan rings is 1. The molecule has 0 aliphatic rings. The van der Waals surface area contributed by atoms with Crippen LogP contribution in [0, 0.1) is 11.8 Å². The molecule has 0 bridgehead atoms. The number of rotatable bonds is 14. The van der Waals surface area contributed by atoms with Gasteiger partial charge in [0.1, 0.15) is 17.9 Å². The van der Waals surface area contributed by atoms with Gasteiger partial charge in [0.25, 0.3) is 0 Å². The lowest BCUT2D eigenvalue weighted by atomic mass is 9.79. The van der Waals surface area contributed by atoms with E-state index in [0.29, 0.717) is 40.0 Å². The van der Waals surface area contributed by atoms with Crippen molar-refractivity contribution in [3.63, 3.8) is 0 Å². The van der Waals surface area contributed by atoms with Gasteiger partial charge >= 0.3 is 18.9 Å². The molecule has 0 aliphatic carbocycles. The second-order valence-corrected chi connectivity index (χ2v) is 10.5. The number of unbranched alkanes of at least 4 members (excludes halogenated alkanes) is 2. The number of nitrogens with one attached hydrogen (secondary N) is 2. The number of carbonyl (C=O) groups excluding carboxylic acids is 2. The van der Waals surface area contributed by atoms with E-state index in [1.54, 1.807) is 30.3 Å². The summed E-state index contributed by atoms with van der Waals surface area (Å²) >= 11 is 0. The molecule has 2 aromatic heterocycles. The van der Waals surface area contributed by atoms with Gasteiger partial charge in [-0.1, -0.05) is 57.4 Å². The molecular formula is C35H35BN4O8. The molecule has 4 rings (SSSR count). The number of nitrogens with zero attached hydrogens (tertiary/aromatic N) is 2. The van der Waals surface area contributed by atoms with Gasteiger partial charge in [0, 0.05) is 18.1 Å². The average molecular weight is 650 g/mol. The number of amides is 2. The van der Waals surface area contributed by atoms with Crippen LogP contribution in [0.5, 0.6) is 5.75 Å². The van der Waals surface area contributed by atoms with E-state index in [4.69, 9.17) is 13.6 Å². The lowest BCUT2D eigenvalue weighted by Gasteiger charge is -2.12. The first-order valence-electron chi connectivity index (χ1n) is 15.3. The van der Waals surface area contributed by atoms with Gasteiger partial charge in [0.15, 0.2) is 22.7 Å². The van der Waals surface area contributed by atoms with Gasteiger partial charge in [-0.05, 0) is 65.7 Å². The number of hydrogen-bond donors (Lipinski definition) is 4. The SMILES string of the molecule is C=CCOc1ccc2c(=O)cc(C(=O)N/N=C/c3cc(/C=N/NC(=O)c4ccc(C#CCCCC)o4)cc(B(O)O)c3)oc2c1CCC. The lowest BCUT2D eigenvalue weighted by molar-refractivity contribution is 0.0920. The first kappa shape index (κ1) is 35.2. The van der Waals surface area contributed by atoms with Crippen molar-refractivity contribution in [2.24, 2.45) is 10.2 Å². The predicted octanol–water partition coefficient (Wildman–Crippen LogP) is 3.65. The summed E-state index contributed by atoms with van der Waals surface area (Å²) in [7, 11) is -1.82. The van der Waals surface area contributed by atoms with Gasteiger partial charge in [-0.3, -0.25) is 14.4 Å². The zero-order valence-corrected chi connectivity index (χ0v) is 26.6. The number of ether oxygens (including phenoxy) is 1. The fraction of sp³-hybridized carbons (Fsp3) is 0.229. The molecule has 0 aliphatic heterocycles. The summed E-state index contributed by atoms with van der Waals surface area (Å²) < 4.78 is 17.1. The summed E-state index contributed by atoms with van der Waals surface area (Å²) in [4.78, 5) is 38.2. The summed E-state index contributed by atoms with van der Waals surface area (Å²) in [5, 5.41) is 27.7. The van der Waals surface area contributed by atoms with E-state index < -0.39 is 24.4 Å². The maximum Gasteiger partial charge on any atom is 0.488 e. The molecule has 2 heterocycles. The van der Waals surface area contributed by atoms with Gasteiger partial charge < -0.3 is 23.6 Å². The van der Waals surface area contributed by atoms with Gasteiger partial charge in [0.2, 0.25) is 0 Å². The molecule has 2 aromatic carbocycles. The van der Waals surface area contributed by atoms with Gasteiger partial charge in [-0.25, -0.2) is 10.9 Å². The minimum absolute atomic E-state index is 0.0281. The summed E-state index contributed by atoms with van der Waals surface area (Å²) in [5.74, 6) is 5.16. The van der Waals surface area contributed by atoms with Crippen LogP contribution in [0.3, 0.4) is 0 Å². The lowest BCUT2D eigenvalue weighted by Crippen LogP contribution is -2.30. The fourth-order valence-electron chi connectivity index (χ4n) is 4.52. The van der Waals surface area contributed by atoms with Crippen LogP contribution in [0.4, 0.5) is 0 Å². The number of hydrazone groups is 2. The quantitative estimate of drug-likeness (QED) is 0.0399. The smallest absolute Gasteiger partial charge is 0.488 e. The van der Waals surface area contributed by atoms with Gasteiger partial charge in [0.05, 0.1) is 17.8 Å². The third-order valence-electron chi connectivity index (χ3n) is 6.79. The monoisotopic (exact) mass is 650 g/mol. The summed E-state index contributed by atoms with van der Waals surface area (Å²) in [6.45, 7) is 7.97. The Morgan fingerprint density at radius 3 is 2.31 bits per heavy atom. The van der Waals surface area contributed by atoms with Crippen molar-refractivity contribution in [2.45, 2.75) is 46.0 Å². The van der Waals surface area contributed by atoms with Crippen LogP contribution in [0.2, 0.25) is 0 Å². The van der Waals surface area contributed by atoms with E-state index in [0.717, 1.165) is 31.7 Å². The zero-order chi connectivity index (χ0) is 34.5. The first-order valence-corrected chi connectivity index (χ1v) is 15.3. The maximum absolute atomic E-state index is 12.9. The van der Waals surface area contributed by atoms with Crippen LogP contribution < -0.4 is 26.5 Å². The summed E-state index contributed by atoms with van der Waals surface area (Å²) in [5.41, 5.74) is 6.04. The Morgan fingerprint density at radius 2 is 1.67 bits per heavy atom. The Hall–Kier alpha value is -5.71. The number of fused-ring (bicyclic) bond motifs is 1. The molecule has 0 unspecified atom stereocenters. The van der Waals surface area contributed by atoms with Crippen LogP contribution in [0.1, 0.15) is 83.1 Å². The molecule has 12 nitrogen and oxygen atoms in total. The Morgan fingerprint density at radius 1 is 0.958 bits per heavy atom. The highest BCUT2D eigenvalue weighted by molar-refractivity contribution is 6.58. The second kappa shape index (κ2) is 17.3. The molecule has 2 amide bonds. The minimum atomic E-state index is -1.82. The van der Waals surface area contributed by atoms with Crippen LogP contribution >= 0.6 is 0 Å². The molecule has 48 heavy (non-hydrogen) atoms. The van der Waals surface area contributed by atoms with Crippen molar-refractivity contribution in [2.75, 3.05) is 6.61 Å². The molecular weight excluding hydrogens is 615 g/mol. The van der Waals surface area contributed by atoms with E-state index >= 15 is 0 Å². The van der Waals surface area contributed by atoms with Crippen molar-refractivity contribution in [3.05, 3.63) is 105 Å². The Kier molecular flexibility index (Phi) is 12.7. The van der Waals surface area contributed by atoms with Crippen molar-refractivity contribution in [1.29, 1.82) is 0 Å². The normalized spacial score (nSPS) is 11.0. The minimum Gasteiger partial charge on any atom is -0.489 e. The molecule has 0 saturated heterocycles. The van der Waals surface area contributed by atoms with Gasteiger partial charge in [-0.15, -0.1) is 0 Å². The molecule has 246 valence electrons. The standard InChI is InChI=1S/C35H35BN4O8/c1-4-7-8-9-11-26-12-14-31(47-26)34(42)39-37-21-23-17-24(19-25(18-23)36(44)45)22-38-40-35(43)32-20-29(41)27-13-15-30(46-16-6-3)28(10-5-2)33(27)48-32/h6,12-15,17-22,44-45H,3-5,7-8,10,16H2,1-2H3,(H,39,42)(H,40,43)/b37-21+,38-22+. The average Bonchev–Trinajstić information content (AvgIpc) is 3.55. The molecule has 0 fully saturated rings. The highest BCUT2D eigenvalue weighted by Gasteiger charge is 2.18. The van der Waals surface area contributed by atoms with E-state index in [-0.39, 0.29) is 29.2 Å². The van der Waals surface area contributed by atoms with Crippen molar-refractivity contribution >= 4 is 47.8 Å². The van der Waals surface area contributed by atoms with E-state index in [1.807, 2.05) is 6.92 Å². The number of hydrogen-bond acceptors (Lipinski definition) is 10. The first-order chi connectivity index (χ1) is 23.2. The molecule has 0 saturated carbocycles. The molecule has 13 heteroatoms.